The van der Waals surface area contributed by atoms with Crippen molar-refractivity contribution < 1.29 is 14.3 Å². The van der Waals surface area contributed by atoms with Gasteiger partial charge < -0.3 is 10.1 Å². The van der Waals surface area contributed by atoms with Gasteiger partial charge in [-0.15, -0.1) is 0 Å². The van der Waals surface area contributed by atoms with Gasteiger partial charge in [0.1, 0.15) is 12.4 Å². The van der Waals surface area contributed by atoms with E-state index in [4.69, 9.17) is 4.74 Å². The Morgan fingerprint density at radius 2 is 1.88 bits per heavy atom. The van der Waals surface area contributed by atoms with Crippen LogP contribution in [0.5, 0.6) is 5.75 Å². The number of thioether (sulfide) groups is 1. The maximum Gasteiger partial charge on any atom is 0.286 e. The van der Waals surface area contributed by atoms with Gasteiger partial charge in [-0.3, -0.25) is 9.59 Å². The van der Waals surface area contributed by atoms with Crippen LogP contribution in [-0.4, -0.2) is 17.0 Å². The Morgan fingerprint density at radius 1 is 1.19 bits per heavy atom. The van der Waals surface area contributed by atoms with Crippen molar-refractivity contribution in [3.63, 3.8) is 0 Å². The molecular weight excluding hydrogens is 416 g/mol. The molecule has 0 spiro atoms. The van der Waals surface area contributed by atoms with E-state index in [9.17, 15) is 9.59 Å². The molecule has 0 saturated heterocycles. The van der Waals surface area contributed by atoms with Crippen LogP contribution in [0.2, 0.25) is 0 Å². The molecule has 1 aliphatic rings. The van der Waals surface area contributed by atoms with Crippen LogP contribution in [0.4, 0.5) is 0 Å². The molecule has 0 bridgehead atoms. The first-order chi connectivity index (χ1) is 12.5. The Bertz CT molecular complexity index is 890. The molecule has 0 unspecified atom stereocenters. The lowest BCUT2D eigenvalue weighted by Gasteiger charge is -2.07. The maximum atomic E-state index is 11.9. The molecule has 0 fully saturated rings. The van der Waals surface area contributed by atoms with Crippen molar-refractivity contribution in [2.24, 2.45) is 4.99 Å². The monoisotopic (exact) mass is 430 g/mol. The van der Waals surface area contributed by atoms with Crippen LogP contribution in [-0.2, 0) is 16.2 Å². The standard InChI is InChI=1S/C19H15BrN2O3S/c1-12(23)21-19-22-18(24)17(26-19)10-13-4-8-16(9-5-13)25-11-14-2-6-15(20)7-3-14/h2-10H,11H2,1H3,(H,21,22,23,24). The molecule has 7 heteroatoms. The minimum absolute atomic E-state index is 0.252. The fourth-order valence-corrected chi connectivity index (χ4v) is 3.30. The molecule has 0 aromatic heterocycles. The topological polar surface area (TPSA) is 67.8 Å². The zero-order valence-electron chi connectivity index (χ0n) is 13.9. The second-order valence-electron chi connectivity index (χ2n) is 5.50. The number of nitrogens with one attached hydrogen (secondary N) is 1. The van der Waals surface area contributed by atoms with E-state index in [0.717, 1.165) is 33.1 Å². The van der Waals surface area contributed by atoms with Crippen molar-refractivity contribution in [1.29, 1.82) is 0 Å². The average molecular weight is 431 g/mol. The second-order valence-corrected chi connectivity index (χ2v) is 7.44. The minimum Gasteiger partial charge on any atom is -0.489 e. The summed E-state index contributed by atoms with van der Waals surface area (Å²) >= 11 is 4.55. The fourth-order valence-electron chi connectivity index (χ4n) is 2.17. The molecular formula is C19H15BrN2O3S. The number of aliphatic imine (C=N–C) groups is 1. The van der Waals surface area contributed by atoms with Crippen LogP contribution < -0.4 is 10.1 Å². The SMILES string of the molecule is CC(=O)NC1=NC(=O)C(=Cc2ccc(OCc3ccc(Br)cc3)cc2)S1. The fraction of sp³-hybridized carbons (Fsp3) is 0.105. The van der Waals surface area contributed by atoms with E-state index in [1.165, 1.54) is 6.92 Å². The Kier molecular flexibility index (Phi) is 5.90. The highest BCUT2D eigenvalue weighted by molar-refractivity contribution is 9.10. The zero-order chi connectivity index (χ0) is 18.5. The summed E-state index contributed by atoms with van der Waals surface area (Å²) < 4.78 is 6.79. The highest BCUT2D eigenvalue weighted by Gasteiger charge is 2.22. The van der Waals surface area contributed by atoms with Crippen molar-refractivity contribution >= 4 is 50.7 Å². The van der Waals surface area contributed by atoms with E-state index in [2.05, 4.69) is 26.2 Å². The average Bonchev–Trinajstić information content (AvgIpc) is 2.94. The first-order valence-electron chi connectivity index (χ1n) is 7.77. The lowest BCUT2D eigenvalue weighted by molar-refractivity contribution is -0.117. The van der Waals surface area contributed by atoms with Gasteiger partial charge in [-0.05, 0) is 53.2 Å². The summed E-state index contributed by atoms with van der Waals surface area (Å²) in [5.74, 6) is 0.141. The number of benzene rings is 2. The third-order valence-corrected chi connectivity index (χ3v) is 4.83. The highest BCUT2D eigenvalue weighted by Crippen LogP contribution is 2.28. The predicted molar refractivity (Wildman–Crippen MR) is 107 cm³/mol. The number of carbonyl (C=O) groups excluding carboxylic acids is 2. The van der Waals surface area contributed by atoms with E-state index in [0.29, 0.717) is 16.7 Å². The Hall–Kier alpha value is -2.38. The van der Waals surface area contributed by atoms with Gasteiger partial charge >= 0.3 is 0 Å². The molecule has 2 aromatic rings. The quantitative estimate of drug-likeness (QED) is 0.740. The van der Waals surface area contributed by atoms with Crippen LogP contribution in [0.25, 0.3) is 6.08 Å². The molecule has 2 amide bonds. The van der Waals surface area contributed by atoms with Crippen LogP contribution >= 0.6 is 27.7 Å². The van der Waals surface area contributed by atoms with Crippen molar-refractivity contribution in [3.8, 4) is 5.75 Å². The summed E-state index contributed by atoms with van der Waals surface area (Å²) in [5, 5.41) is 2.83. The predicted octanol–water partition coefficient (Wildman–Crippen LogP) is 4.13. The summed E-state index contributed by atoms with van der Waals surface area (Å²) in [6.45, 7) is 1.86. The molecule has 1 heterocycles. The van der Waals surface area contributed by atoms with Crippen LogP contribution in [0.1, 0.15) is 18.1 Å². The number of rotatable bonds is 4. The largest absolute Gasteiger partial charge is 0.489 e. The van der Waals surface area contributed by atoms with Crippen molar-refractivity contribution in [2.75, 3.05) is 0 Å². The van der Waals surface area contributed by atoms with Gasteiger partial charge in [-0.25, -0.2) is 0 Å². The molecule has 5 nitrogen and oxygen atoms in total. The van der Waals surface area contributed by atoms with Gasteiger partial charge in [-0.2, -0.15) is 4.99 Å². The van der Waals surface area contributed by atoms with Gasteiger partial charge in [0.05, 0.1) is 4.91 Å². The summed E-state index contributed by atoms with van der Waals surface area (Å²) in [6.07, 6.45) is 1.74. The number of amidine groups is 1. The van der Waals surface area contributed by atoms with Crippen molar-refractivity contribution in [2.45, 2.75) is 13.5 Å². The Morgan fingerprint density at radius 3 is 2.54 bits per heavy atom. The Labute approximate surface area is 163 Å². The minimum atomic E-state index is -0.352. The molecule has 0 radical (unpaired) electrons. The molecule has 0 atom stereocenters. The van der Waals surface area contributed by atoms with Gasteiger partial charge in [0.25, 0.3) is 5.91 Å². The molecule has 0 saturated carbocycles. The third kappa shape index (κ3) is 5.06. The van der Waals surface area contributed by atoms with E-state index in [1.54, 1.807) is 6.08 Å². The number of ether oxygens (including phenoxy) is 1. The third-order valence-electron chi connectivity index (χ3n) is 3.40. The summed E-state index contributed by atoms with van der Waals surface area (Å²) in [5.41, 5.74) is 1.94. The smallest absolute Gasteiger partial charge is 0.286 e. The number of hydrogen-bond donors (Lipinski definition) is 1. The molecule has 1 aliphatic heterocycles. The van der Waals surface area contributed by atoms with Crippen molar-refractivity contribution in [1.82, 2.24) is 5.32 Å². The highest BCUT2D eigenvalue weighted by atomic mass is 79.9. The molecule has 26 heavy (non-hydrogen) atoms. The normalized spacial score (nSPS) is 15.1. The van der Waals surface area contributed by atoms with Crippen molar-refractivity contribution in [3.05, 3.63) is 69.0 Å². The van der Waals surface area contributed by atoms with E-state index >= 15 is 0 Å². The first-order valence-corrected chi connectivity index (χ1v) is 9.38. The molecule has 3 rings (SSSR count). The van der Waals surface area contributed by atoms with Crippen LogP contribution in [0.3, 0.4) is 0 Å². The van der Waals surface area contributed by atoms with Gasteiger partial charge in [0.2, 0.25) is 5.91 Å². The van der Waals surface area contributed by atoms with E-state index in [-0.39, 0.29) is 11.8 Å². The number of amides is 2. The lowest BCUT2D eigenvalue weighted by atomic mass is 10.2. The number of carbonyl (C=O) groups is 2. The van der Waals surface area contributed by atoms with Gasteiger partial charge in [0.15, 0.2) is 5.17 Å². The molecule has 1 N–H and O–H groups in total. The van der Waals surface area contributed by atoms with Gasteiger partial charge in [0, 0.05) is 11.4 Å². The van der Waals surface area contributed by atoms with E-state index in [1.807, 2.05) is 48.5 Å². The zero-order valence-corrected chi connectivity index (χ0v) is 16.3. The summed E-state index contributed by atoms with van der Waals surface area (Å²) in [7, 11) is 0. The Balaban J connectivity index is 1.60. The molecule has 0 aliphatic carbocycles. The summed E-state index contributed by atoms with van der Waals surface area (Å²) in [6, 6.07) is 15.4. The summed E-state index contributed by atoms with van der Waals surface area (Å²) in [4.78, 5) is 27.2. The molecule has 132 valence electrons. The number of halogens is 1. The van der Waals surface area contributed by atoms with Crippen LogP contribution in [0, 0.1) is 0 Å². The second kappa shape index (κ2) is 8.33. The number of hydrogen-bond acceptors (Lipinski definition) is 4. The van der Waals surface area contributed by atoms with Crippen LogP contribution in [0.15, 0.2) is 62.9 Å². The number of nitrogens with zero attached hydrogens (tertiary/aromatic N) is 1. The lowest BCUT2D eigenvalue weighted by Crippen LogP contribution is -2.23. The van der Waals surface area contributed by atoms with Gasteiger partial charge in [-0.1, -0.05) is 40.2 Å². The molecule has 2 aromatic carbocycles. The maximum absolute atomic E-state index is 11.9. The van der Waals surface area contributed by atoms with E-state index < -0.39 is 0 Å². The first kappa shape index (κ1) is 18.4.